The normalized spacial score (nSPS) is 10.6. The van der Waals surface area contributed by atoms with E-state index < -0.39 is 10.8 Å². The van der Waals surface area contributed by atoms with Crippen molar-refractivity contribution in [1.82, 2.24) is 5.43 Å². The molecule has 8 heteroatoms. The number of benzene rings is 2. The number of hydrogen-bond acceptors (Lipinski definition) is 5. The summed E-state index contributed by atoms with van der Waals surface area (Å²) in [7, 11) is 0. The predicted molar refractivity (Wildman–Crippen MR) is 95.2 cm³/mol. The number of carbonyl (C=O) groups is 1. The average Bonchev–Trinajstić information content (AvgIpc) is 2.61. The SMILES string of the molecule is CCc1ccc(OCC(=O)N/N=C/c2cc([N+](=O)[O-])ccc2Cl)cc1. The minimum Gasteiger partial charge on any atom is -0.484 e. The molecular formula is C17H16ClN3O4. The molecule has 0 spiro atoms. The largest absolute Gasteiger partial charge is 0.484 e. The van der Waals surface area contributed by atoms with Gasteiger partial charge < -0.3 is 4.74 Å². The van der Waals surface area contributed by atoms with Crippen molar-refractivity contribution in [2.75, 3.05) is 6.61 Å². The van der Waals surface area contributed by atoms with Crippen LogP contribution in [0.25, 0.3) is 0 Å². The van der Waals surface area contributed by atoms with Gasteiger partial charge in [0.2, 0.25) is 0 Å². The van der Waals surface area contributed by atoms with Gasteiger partial charge in [-0.1, -0.05) is 30.7 Å². The van der Waals surface area contributed by atoms with E-state index in [0.717, 1.165) is 6.42 Å². The number of halogens is 1. The number of aryl methyl sites for hydroxylation is 1. The highest BCUT2D eigenvalue weighted by Crippen LogP contribution is 2.20. The van der Waals surface area contributed by atoms with E-state index >= 15 is 0 Å². The van der Waals surface area contributed by atoms with Crippen LogP contribution in [0.4, 0.5) is 5.69 Å². The molecule has 0 aliphatic heterocycles. The number of hydrogen-bond donors (Lipinski definition) is 1. The number of carbonyl (C=O) groups excluding carboxylic acids is 1. The van der Waals surface area contributed by atoms with Crippen LogP contribution in [0.5, 0.6) is 5.75 Å². The fourth-order valence-corrected chi connectivity index (χ4v) is 2.09. The number of nitrogens with one attached hydrogen (secondary N) is 1. The molecule has 0 bridgehead atoms. The molecule has 7 nitrogen and oxygen atoms in total. The molecule has 1 N–H and O–H groups in total. The van der Waals surface area contributed by atoms with Crippen molar-refractivity contribution in [2.24, 2.45) is 5.10 Å². The Balaban J connectivity index is 1.87. The molecule has 0 saturated heterocycles. The van der Waals surface area contributed by atoms with Crippen molar-refractivity contribution < 1.29 is 14.5 Å². The Hall–Kier alpha value is -2.93. The zero-order valence-corrected chi connectivity index (χ0v) is 14.2. The fraction of sp³-hybridized carbons (Fsp3) is 0.176. The molecule has 0 saturated carbocycles. The number of ether oxygens (including phenoxy) is 1. The average molecular weight is 362 g/mol. The van der Waals surface area contributed by atoms with Gasteiger partial charge >= 0.3 is 0 Å². The maximum atomic E-state index is 11.7. The van der Waals surface area contributed by atoms with Crippen LogP contribution in [0.1, 0.15) is 18.1 Å². The van der Waals surface area contributed by atoms with Crippen LogP contribution in [-0.2, 0) is 11.2 Å². The van der Waals surface area contributed by atoms with E-state index in [1.165, 1.54) is 30.0 Å². The third-order valence-corrected chi connectivity index (χ3v) is 3.63. The summed E-state index contributed by atoms with van der Waals surface area (Å²) in [6.45, 7) is 1.85. The molecule has 25 heavy (non-hydrogen) atoms. The number of rotatable bonds is 7. The van der Waals surface area contributed by atoms with E-state index in [4.69, 9.17) is 16.3 Å². The Morgan fingerprint density at radius 2 is 2.04 bits per heavy atom. The molecule has 0 radical (unpaired) electrons. The first-order valence-electron chi connectivity index (χ1n) is 7.47. The molecule has 0 aliphatic rings. The predicted octanol–water partition coefficient (Wildman–Crippen LogP) is 3.34. The Bertz CT molecular complexity index is 791. The van der Waals surface area contributed by atoms with Crippen molar-refractivity contribution in [3.05, 3.63) is 68.7 Å². The van der Waals surface area contributed by atoms with Crippen molar-refractivity contribution in [2.45, 2.75) is 13.3 Å². The maximum Gasteiger partial charge on any atom is 0.277 e. The van der Waals surface area contributed by atoms with Crippen LogP contribution in [0, 0.1) is 10.1 Å². The summed E-state index contributed by atoms with van der Waals surface area (Å²) in [6, 6.07) is 11.4. The number of hydrazone groups is 1. The molecule has 2 aromatic rings. The summed E-state index contributed by atoms with van der Waals surface area (Å²) in [4.78, 5) is 21.9. The van der Waals surface area contributed by atoms with Gasteiger partial charge in [-0.2, -0.15) is 5.10 Å². The van der Waals surface area contributed by atoms with E-state index in [9.17, 15) is 14.9 Å². The van der Waals surface area contributed by atoms with Gasteiger partial charge in [0.1, 0.15) is 5.75 Å². The quantitative estimate of drug-likeness (QED) is 0.465. The minimum absolute atomic E-state index is 0.115. The third kappa shape index (κ3) is 5.58. The van der Waals surface area contributed by atoms with Gasteiger partial charge in [0.05, 0.1) is 11.1 Å². The van der Waals surface area contributed by atoms with Gasteiger partial charge in [0.25, 0.3) is 11.6 Å². The van der Waals surface area contributed by atoms with Gasteiger partial charge in [-0.15, -0.1) is 0 Å². The lowest BCUT2D eigenvalue weighted by Crippen LogP contribution is -2.24. The summed E-state index contributed by atoms with van der Waals surface area (Å²) in [5, 5.41) is 14.8. The minimum atomic E-state index is -0.538. The second kappa shape index (κ2) is 8.79. The Kier molecular flexibility index (Phi) is 6.47. The maximum absolute atomic E-state index is 11.7. The number of amides is 1. The first-order chi connectivity index (χ1) is 12.0. The first kappa shape index (κ1) is 18.4. The first-order valence-corrected chi connectivity index (χ1v) is 7.85. The Morgan fingerprint density at radius 3 is 2.68 bits per heavy atom. The molecular weight excluding hydrogens is 346 g/mol. The highest BCUT2D eigenvalue weighted by molar-refractivity contribution is 6.33. The smallest absolute Gasteiger partial charge is 0.277 e. The zero-order chi connectivity index (χ0) is 18.2. The van der Waals surface area contributed by atoms with Gasteiger partial charge in [0, 0.05) is 22.7 Å². The molecule has 2 aromatic carbocycles. The Labute approximate surface area is 149 Å². The molecule has 2 rings (SSSR count). The van der Waals surface area contributed by atoms with E-state index in [-0.39, 0.29) is 17.3 Å². The van der Waals surface area contributed by atoms with E-state index in [1.807, 2.05) is 12.1 Å². The Morgan fingerprint density at radius 1 is 1.32 bits per heavy atom. The van der Waals surface area contributed by atoms with E-state index in [0.29, 0.717) is 11.3 Å². The van der Waals surface area contributed by atoms with Gasteiger partial charge in [0.15, 0.2) is 6.61 Å². The van der Waals surface area contributed by atoms with Crippen molar-refractivity contribution in [3.8, 4) is 5.75 Å². The van der Waals surface area contributed by atoms with Crippen molar-refractivity contribution in [3.63, 3.8) is 0 Å². The third-order valence-electron chi connectivity index (χ3n) is 3.28. The number of nitro benzene ring substituents is 1. The highest BCUT2D eigenvalue weighted by Gasteiger charge is 2.08. The summed E-state index contributed by atoms with van der Waals surface area (Å²) in [5.41, 5.74) is 3.66. The summed E-state index contributed by atoms with van der Waals surface area (Å²) in [6.07, 6.45) is 2.17. The van der Waals surface area contributed by atoms with Crippen LogP contribution in [0.3, 0.4) is 0 Å². The molecule has 0 aliphatic carbocycles. The number of nitrogens with zero attached hydrogens (tertiary/aromatic N) is 2. The molecule has 0 fully saturated rings. The van der Waals surface area contributed by atoms with Crippen molar-refractivity contribution in [1.29, 1.82) is 0 Å². The lowest BCUT2D eigenvalue weighted by molar-refractivity contribution is -0.384. The van der Waals surface area contributed by atoms with Crippen molar-refractivity contribution >= 4 is 29.4 Å². The summed E-state index contributed by atoms with van der Waals surface area (Å²) < 4.78 is 5.34. The lowest BCUT2D eigenvalue weighted by Gasteiger charge is -2.05. The molecule has 130 valence electrons. The van der Waals surface area contributed by atoms with Crippen LogP contribution in [0.2, 0.25) is 5.02 Å². The number of nitro groups is 1. The monoisotopic (exact) mass is 361 g/mol. The second-order valence-corrected chi connectivity index (χ2v) is 5.45. The standard InChI is InChI=1S/C17H16ClN3O4/c1-2-12-3-6-15(7-4-12)25-11-17(22)20-19-10-13-9-14(21(23)24)5-8-16(13)18/h3-10H,2,11H2,1H3,(H,20,22)/b19-10+. The highest BCUT2D eigenvalue weighted by atomic mass is 35.5. The van der Waals surface area contributed by atoms with Crippen LogP contribution < -0.4 is 10.2 Å². The van der Waals surface area contributed by atoms with Crippen LogP contribution in [-0.4, -0.2) is 23.7 Å². The summed E-state index contributed by atoms with van der Waals surface area (Å²) >= 11 is 5.93. The zero-order valence-electron chi connectivity index (χ0n) is 13.4. The van der Waals surface area contributed by atoms with E-state index in [1.54, 1.807) is 12.1 Å². The summed E-state index contributed by atoms with van der Waals surface area (Å²) in [5.74, 6) is 0.121. The molecule has 0 heterocycles. The fourth-order valence-electron chi connectivity index (χ4n) is 1.92. The second-order valence-electron chi connectivity index (χ2n) is 5.04. The molecule has 0 unspecified atom stereocenters. The topological polar surface area (TPSA) is 93.8 Å². The number of non-ortho nitro benzene ring substituents is 1. The molecule has 0 atom stereocenters. The van der Waals surface area contributed by atoms with E-state index in [2.05, 4.69) is 17.5 Å². The van der Waals surface area contributed by atoms with Gasteiger partial charge in [-0.05, 0) is 30.2 Å². The van der Waals surface area contributed by atoms with Crippen LogP contribution in [0.15, 0.2) is 47.6 Å². The lowest BCUT2D eigenvalue weighted by atomic mass is 10.2. The van der Waals surface area contributed by atoms with Gasteiger partial charge in [-0.3, -0.25) is 14.9 Å². The molecule has 0 aromatic heterocycles. The van der Waals surface area contributed by atoms with Gasteiger partial charge in [-0.25, -0.2) is 5.43 Å². The van der Waals surface area contributed by atoms with Crippen LogP contribution >= 0.6 is 11.6 Å². The molecule has 1 amide bonds.